The minimum atomic E-state index is -5.48. The number of esters is 2. The Balaban J connectivity index is 0.000000336. The van der Waals surface area contributed by atoms with Crippen LogP contribution in [-0.4, -0.2) is 171 Å². The van der Waals surface area contributed by atoms with Gasteiger partial charge in [-0.3, -0.25) is 9.59 Å². The van der Waals surface area contributed by atoms with E-state index in [1.807, 2.05) is 48.5 Å². The molecule has 97 heavy (non-hydrogen) atoms. The van der Waals surface area contributed by atoms with Gasteiger partial charge in [0.05, 0.1) is 133 Å². The molecule has 0 amide bonds. The summed E-state index contributed by atoms with van der Waals surface area (Å²) in [6, 6.07) is 15.8. The van der Waals surface area contributed by atoms with E-state index in [0.717, 1.165) is 65.9 Å². The van der Waals surface area contributed by atoms with Crippen LogP contribution >= 0.6 is 0 Å². The van der Waals surface area contributed by atoms with Crippen LogP contribution in [0.2, 0.25) is 18.1 Å². The molecule has 19 nitrogen and oxygen atoms in total. The average Bonchev–Trinajstić information content (AvgIpc) is 0.788. The predicted molar refractivity (Wildman–Crippen MR) is 369 cm³/mol. The molecule has 6 aliphatic rings. The van der Waals surface area contributed by atoms with Crippen LogP contribution in [0.3, 0.4) is 0 Å². The maximum absolute atomic E-state index is 12.1. The highest BCUT2D eigenvalue weighted by molar-refractivity contribution is 7.88. The van der Waals surface area contributed by atoms with Gasteiger partial charge in [0, 0.05) is 50.5 Å². The number of halogens is 3. The van der Waals surface area contributed by atoms with E-state index < -0.39 is 41.2 Å². The van der Waals surface area contributed by atoms with Crippen molar-refractivity contribution < 1.29 is 102 Å². The van der Waals surface area contributed by atoms with Gasteiger partial charge in [-0.1, -0.05) is 121 Å². The molecular formula is C73H119F3O19SSi. The number of rotatable bonds is 24. The minimum absolute atomic E-state index is 0. The van der Waals surface area contributed by atoms with Gasteiger partial charge in [0.2, 0.25) is 8.32 Å². The zero-order valence-corrected chi connectivity index (χ0v) is 60.6. The summed E-state index contributed by atoms with van der Waals surface area (Å²) in [5.74, 6) is 2.31. The van der Waals surface area contributed by atoms with E-state index >= 15 is 0 Å². The van der Waals surface area contributed by atoms with Crippen LogP contribution in [0.4, 0.5) is 13.2 Å². The van der Waals surface area contributed by atoms with E-state index in [2.05, 4.69) is 58.6 Å². The zero-order valence-electron chi connectivity index (χ0n) is 58.8. The van der Waals surface area contributed by atoms with Gasteiger partial charge in [0.25, 0.3) is 0 Å². The third kappa shape index (κ3) is 23.5. The molecule has 2 aromatic carbocycles. The first-order chi connectivity index (χ1) is 44.7. The topological polar surface area (TPSA) is 229 Å². The molecule has 6 fully saturated rings. The fourth-order valence-electron chi connectivity index (χ4n) is 13.5. The van der Waals surface area contributed by atoms with Gasteiger partial charge < -0.3 is 70.9 Å². The van der Waals surface area contributed by atoms with Crippen LogP contribution in [0.25, 0.3) is 0 Å². The van der Waals surface area contributed by atoms with Crippen molar-refractivity contribution in [2.45, 2.75) is 289 Å². The molecule has 6 aliphatic heterocycles. The number of benzene rings is 2. The maximum Gasteiger partial charge on any atom is 0.522 e. The second-order valence-electron chi connectivity index (χ2n) is 28.3. The van der Waals surface area contributed by atoms with Gasteiger partial charge in [-0.15, -0.1) is 0 Å². The number of fused-ring (bicyclic) bond motifs is 2. The Hall–Kier alpha value is -4.02. The van der Waals surface area contributed by atoms with E-state index in [1.165, 1.54) is 27.3 Å². The fourth-order valence-corrected chi connectivity index (χ4v) is 17.0. The first kappa shape index (κ1) is 85.4. The molecule has 24 heteroatoms. The quantitative estimate of drug-likeness (QED) is 0.0431. The highest BCUT2D eigenvalue weighted by Gasteiger charge is 2.55. The Bertz CT molecular complexity index is 2680. The van der Waals surface area contributed by atoms with Gasteiger partial charge in [-0.2, -0.15) is 21.6 Å². The largest absolute Gasteiger partial charge is 0.522 e. The van der Waals surface area contributed by atoms with Crippen LogP contribution < -0.4 is 9.47 Å². The van der Waals surface area contributed by atoms with E-state index in [-0.39, 0.29) is 131 Å². The lowest BCUT2D eigenvalue weighted by molar-refractivity contribution is -0.277. The average molecular weight is 1420 g/mol. The smallest absolute Gasteiger partial charge is 0.497 e. The number of alkyl halides is 3. The molecule has 8 rings (SSSR count). The fraction of sp³-hybridized carbons (Fsp3) is 0.753. The Kier molecular flexibility index (Phi) is 33.7. The normalized spacial score (nSPS) is 32.2. The number of carbonyl (C=O) groups excluding carboxylic acids is 2. The molecule has 2 unspecified atom stereocenters. The summed E-state index contributed by atoms with van der Waals surface area (Å²) >= 11 is 0. The van der Waals surface area contributed by atoms with Crippen molar-refractivity contribution in [2.24, 2.45) is 29.6 Å². The number of aliphatic hydroxyl groups is 2. The molecule has 6 saturated heterocycles. The molecule has 20 atom stereocenters. The van der Waals surface area contributed by atoms with Gasteiger partial charge in [0.1, 0.15) is 11.5 Å². The van der Waals surface area contributed by atoms with Gasteiger partial charge in [-0.25, -0.2) is 0 Å². The molecule has 0 aromatic heterocycles. The number of aliphatic hydroxyl groups excluding tert-OH is 2. The highest BCUT2D eigenvalue weighted by Crippen LogP contribution is 2.46. The van der Waals surface area contributed by atoms with Crippen molar-refractivity contribution in [3.05, 3.63) is 84.0 Å². The number of carbonyl (C=O) groups is 2. The first-order valence-corrected chi connectivity index (χ1v) is 38.2. The minimum Gasteiger partial charge on any atom is -0.497 e. The van der Waals surface area contributed by atoms with Crippen LogP contribution in [0.5, 0.6) is 11.5 Å². The third-order valence-corrected chi connectivity index (χ3v) is 27.1. The van der Waals surface area contributed by atoms with Gasteiger partial charge in [-0.05, 0) is 127 Å². The summed E-state index contributed by atoms with van der Waals surface area (Å²) in [6.45, 7) is 30.7. The van der Waals surface area contributed by atoms with Crippen LogP contribution in [-0.2, 0) is 84.2 Å². The number of ether oxygens (including phenoxy) is 12. The predicted octanol–water partition coefficient (Wildman–Crippen LogP) is 14.0. The van der Waals surface area contributed by atoms with E-state index in [0.29, 0.717) is 76.4 Å². The number of hydrogen-bond acceptors (Lipinski definition) is 19. The van der Waals surface area contributed by atoms with Crippen molar-refractivity contribution >= 4 is 30.4 Å². The molecule has 2 N–H and O–H groups in total. The number of hydrogen-bond donors (Lipinski definition) is 2. The molecule has 556 valence electrons. The molecule has 2 aromatic rings. The number of methoxy groups -OCH3 is 4. The van der Waals surface area contributed by atoms with E-state index in [4.69, 9.17) is 56.8 Å². The van der Waals surface area contributed by atoms with Gasteiger partial charge in [0.15, 0.2) is 0 Å². The molecule has 0 bridgehead atoms. The summed E-state index contributed by atoms with van der Waals surface area (Å²) in [4.78, 5) is 23.5. The third-order valence-electron chi connectivity index (χ3n) is 20.4. The molecule has 6 heterocycles. The van der Waals surface area contributed by atoms with Crippen LogP contribution in [0.15, 0.2) is 72.8 Å². The second kappa shape index (κ2) is 38.3. The van der Waals surface area contributed by atoms with Crippen LogP contribution in [0, 0.1) is 29.6 Å². The highest BCUT2D eigenvalue weighted by atomic mass is 32.2. The lowest BCUT2D eigenvalue weighted by Gasteiger charge is -2.51. The summed E-state index contributed by atoms with van der Waals surface area (Å²) in [5, 5.41) is 19.6. The summed E-state index contributed by atoms with van der Waals surface area (Å²) < 4.78 is 135. The van der Waals surface area contributed by atoms with E-state index in [9.17, 15) is 41.4 Å². The first-order valence-electron chi connectivity index (χ1n) is 33.9. The van der Waals surface area contributed by atoms with E-state index in [1.54, 1.807) is 35.0 Å². The van der Waals surface area contributed by atoms with Crippen molar-refractivity contribution in [3.63, 3.8) is 0 Å². The molecule has 0 radical (unpaired) electrons. The zero-order chi connectivity index (χ0) is 70.3. The lowest BCUT2D eigenvalue weighted by Crippen LogP contribution is -2.61. The Labute approximate surface area is 579 Å². The summed E-state index contributed by atoms with van der Waals surface area (Å²) in [5.41, 5.74) is -1.13. The molecule has 0 aliphatic carbocycles. The van der Waals surface area contributed by atoms with Gasteiger partial charge >= 0.3 is 27.6 Å². The van der Waals surface area contributed by atoms with Crippen molar-refractivity contribution in [2.75, 3.05) is 35.0 Å². The monoisotopic (exact) mass is 1420 g/mol. The maximum atomic E-state index is 12.1. The second-order valence-corrected chi connectivity index (χ2v) is 34.9. The van der Waals surface area contributed by atoms with Crippen molar-refractivity contribution in [1.29, 1.82) is 0 Å². The summed E-state index contributed by atoms with van der Waals surface area (Å²) in [7, 11) is -2.29. The van der Waals surface area contributed by atoms with Crippen molar-refractivity contribution in [3.8, 4) is 11.5 Å². The SMILES string of the molecule is C.C.C=C1C(C[C@@H]2O[C@H]3C[C@@H](C)[C@@H](CCC)O[C@H]3[C@H](C)[C@H]2OCc2ccc(OC)cc2)O[C@@H](CCC(=O)OC)C[C@H]1C.C=C1C(C[C@@H]2O[C@H]3C[C@@H](O)[C@@H](CCO)O[C@H]3[C@H](C)[C@H]2OCc2ccc(OC)cc2)O[C@@H](CCC(=O)OC)C[C@H]1C.CC(C)(C)[Si](C)(C)OS(=O)(=O)C(F)(F)F. The Morgan fingerprint density at radius 2 is 1.02 bits per heavy atom. The molecular weight excluding hydrogens is 1300 g/mol. The lowest BCUT2D eigenvalue weighted by atomic mass is 9.78. The van der Waals surface area contributed by atoms with Crippen LogP contribution in [0.1, 0.15) is 172 Å². The summed E-state index contributed by atoms with van der Waals surface area (Å²) in [6.07, 6.45) is 5.99. The Morgan fingerprint density at radius 1 is 0.608 bits per heavy atom. The molecule has 0 saturated carbocycles. The molecule has 0 spiro atoms. The standard InChI is InChI=1S/C33H50O7.C31H46O9.C7H15F3O3SSi.2CH4/c1-8-9-27-21(3)17-29-33(40-27)23(5)32(37-19-24-10-12-25(35-6)13-11-24)30(39-29)18-28-22(4)20(2)16-26(38-28)14-15-31(34)36-7;1-18-14-23(10-11-29(34)36-5)38-26(19(18)2)16-28-30(37-17-21-6-8-22(35-4)9-7-21)20(3)31-27(39-28)15-24(33)25(40-31)12-13-32;1-6(2,3)15(4,5)13-14(11,12)7(8,9)10;;/h10-13,20-21,23,26-30,32-33H,4,8-9,14-19H2,1-3,5-7H3;6-9,18,20,23-28,30-33H,2,10-17H2,1,3-5H3;1-5H3;2*1H4/t20-,21-,23-,26+,27-,28?,29+,30+,32-,33+;18-,20-,23+,24-,25-,26?,27+,28+,30-,31+;;;/m11.../s1. The Morgan fingerprint density at radius 3 is 1.39 bits per heavy atom. The van der Waals surface area contributed by atoms with Crippen molar-refractivity contribution in [1.82, 2.24) is 0 Å².